The molecule has 1 rings (SSSR count). The number of carboxylic acids is 1. The van der Waals surface area contributed by atoms with Gasteiger partial charge in [0.15, 0.2) is 0 Å². The maximum atomic E-state index is 11.0. The third-order valence-electron chi connectivity index (χ3n) is 3.31. The Morgan fingerprint density at radius 3 is 2.47 bits per heavy atom. The Morgan fingerprint density at radius 1 is 1.47 bits per heavy atom. The molecule has 1 fully saturated rings. The molecule has 1 heterocycles. The minimum absolute atomic E-state index is 0.201. The first-order chi connectivity index (χ1) is 7.04. The van der Waals surface area contributed by atoms with Gasteiger partial charge in [-0.25, -0.2) is 0 Å². The Hall–Kier alpha value is -0.570. The van der Waals surface area contributed by atoms with E-state index >= 15 is 0 Å². The molecule has 3 heteroatoms. The van der Waals surface area contributed by atoms with Gasteiger partial charge in [0, 0.05) is 19.6 Å². The summed E-state index contributed by atoms with van der Waals surface area (Å²) in [5, 5.41) is 9.05. The van der Waals surface area contributed by atoms with E-state index in [9.17, 15) is 4.79 Å². The van der Waals surface area contributed by atoms with Gasteiger partial charge in [0.05, 0.1) is 5.92 Å². The zero-order valence-electron chi connectivity index (χ0n) is 10.1. The van der Waals surface area contributed by atoms with Crippen LogP contribution in [-0.4, -0.2) is 35.6 Å². The number of aliphatic carboxylic acids is 1. The van der Waals surface area contributed by atoms with E-state index in [4.69, 9.17) is 5.11 Å². The predicted octanol–water partition coefficient (Wildman–Crippen LogP) is 2.08. The Balaban J connectivity index is 2.27. The van der Waals surface area contributed by atoms with Crippen LogP contribution >= 0.6 is 0 Å². The summed E-state index contributed by atoms with van der Waals surface area (Å²) in [6, 6.07) is 0. The lowest BCUT2D eigenvalue weighted by atomic mass is 9.90. The number of carbonyl (C=O) groups is 1. The number of hydrogen-bond donors (Lipinski definition) is 1. The molecule has 1 unspecified atom stereocenters. The molecule has 0 saturated carbocycles. The van der Waals surface area contributed by atoms with Crippen LogP contribution in [0, 0.1) is 17.8 Å². The van der Waals surface area contributed by atoms with Crippen LogP contribution in [0.4, 0.5) is 0 Å². The highest BCUT2D eigenvalue weighted by atomic mass is 16.4. The molecule has 0 aromatic carbocycles. The van der Waals surface area contributed by atoms with Crippen LogP contribution in [0.3, 0.4) is 0 Å². The summed E-state index contributed by atoms with van der Waals surface area (Å²) >= 11 is 0. The van der Waals surface area contributed by atoms with Crippen molar-refractivity contribution < 1.29 is 9.90 Å². The number of nitrogens with zero attached hydrogens (tertiary/aromatic N) is 1. The minimum Gasteiger partial charge on any atom is -0.481 e. The van der Waals surface area contributed by atoms with Gasteiger partial charge in [0.1, 0.15) is 0 Å². The SMILES string of the molecule is CCCC1CN(CC(C(=O)O)C(C)C)C1. The van der Waals surface area contributed by atoms with Crippen LogP contribution in [-0.2, 0) is 4.79 Å². The van der Waals surface area contributed by atoms with Crippen molar-refractivity contribution >= 4 is 5.97 Å². The summed E-state index contributed by atoms with van der Waals surface area (Å²) in [4.78, 5) is 13.3. The second-order valence-corrected chi connectivity index (χ2v) is 5.06. The van der Waals surface area contributed by atoms with Crippen molar-refractivity contribution in [2.45, 2.75) is 33.6 Å². The third-order valence-corrected chi connectivity index (χ3v) is 3.31. The fourth-order valence-electron chi connectivity index (χ4n) is 2.27. The molecular formula is C12H23NO2. The molecule has 0 aliphatic carbocycles. The summed E-state index contributed by atoms with van der Waals surface area (Å²) < 4.78 is 0. The van der Waals surface area contributed by atoms with Crippen LogP contribution in [0.1, 0.15) is 33.6 Å². The summed E-state index contributed by atoms with van der Waals surface area (Å²) in [7, 11) is 0. The van der Waals surface area contributed by atoms with Crippen molar-refractivity contribution in [2.24, 2.45) is 17.8 Å². The van der Waals surface area contributed by atoms with Gasteiger partial charge < -0.3 is 10.0 Å². The van der Waals surface area contributed by atoms with Crippen molar-refractivity contribution in [3.8, 4) is 0 Å². The van der Waals surface area contributed by atoms with Crippen molar-refractivity contribution in [3.63, 3.8) is 0 Å². The lowest BCUT2D eigenvalue weighted by Crippen LogP contribution is -2.50. The van der Waals surface area contributed by atoms with Crippen molar-refractivity contribution in [2.75, 3.05) is 19.6 Å². The molecule has 1 saturated heterocycles. The lowest BCUT2D eigenvalue weighted by Gasteiger charge is -2.41. The van der Waals surface area contributed by atoms with Gasteiger partial charge in [-0.3, -0.25) is 4.79 Å². The van der Waals surface area contributed by atoms with Crippen molar-refractivity contribution in [1.82, 2.24) is 4.90 Å². The highest BCUT2D eigenvalue weighted by molar-refractivity contribution is 5.70. The molecule has 0 spiro atoms. The molecule has 0 bridgehead atoms. The molecule has 0 amide bonds. The quantitative estimate of drug-likeness (QED) is 0.734. The molecule has 1 N–H and O–H groups in total. The van der Waals surface area contributed by atoms with E-state index in [0.717, 1.165) is 25.6 Å². The van der Waals surface area contributed by atoms with Crippen LogP contribution < -0.4 is 0 Å². The number of hydrogen-bond acceptors (Lipinski definition) is 2. The molecule has 0 aromatic heterocycles. The predicted molar refractivity (Wildman–Crippen MR) is 60.8 cm³/mol. The Bertz CT molecular complexity index is 210. The second-order valence-electron chi connectivity index (χ2n) is 5.06. The molecule has 15 heavy (non-hydrogen) atoms. The number of rotatable bonds is 6. The fraction of sp³-hybridized carbons (Fsp3) is 0.917. The van der Waals surface area contributed by atoms with E-state index in [2.05, 4.69) is 11.8 Å². The first kappa shape index (κ1) is 12.5. The Morgan fingerprint density at radius 2 is 2.07 bits per heavy atom. The molecule has 1 aliphatic rings. The smallest absolute Gasteiger partial charge is 0.308 e. The molecule has 1 aliphatic heterocycles. The van der Waals surface area contributed by atoms with E-state index in [0.29, 0.717) is 0 Å². The highest BCUT2D eigenvalue weighted by Crippen LogP contribution is 2.23. The Labute approximate surface area is 92.5 Å². The van der Waals surface area contributed by atoms with Gasteiger partial charge in [-0.1, -0.05) is 27.2 Å². The zero-order valence-corrected chi connectivity index (χ0v) is 10.1. The summed E-state index contributed by atoms with van der Waals surface area (Å²) in [5.41, 5.74) is 0. The zero-order chi connectivity index (χ0) is 11.4. The van der Waals surface area contributed by atoms with E-state index < -0.39 is 5.97 Å². The van der Waals surface area contributed by atoms with Gasteiger partial charge in [0.2, 0.25) is 0 Å². The van der Waals surface area contributed by atoms with Crippen LogP contribution in [0.2, 0.25) is 0 Å². The van der Waals surface area contributed by atoms with Gasteiger partial charge in [-0.05, 0) is 18.3 Å². The maximum absolute atomic E-state index is 11.0. The molecule has 88 valence electrons. The lowest BCUT2D eigenvalue weighted by molar-refractivity contribution is -0.144. The summed E-state index contributed by atoms with van der Waals surface area (Å²) in [6.07, 6.45) is 2.53. The van der Waals surface area contributed by atoms with Crippen LogP contribution in [0.15, 0.2) is 0 Å². The van der Waals surface area contributed by atoms with Gasteiger partial charge in [-0.15, -0.1) is 0 Å². The Kier molecular flexibility index (Phi) is 4.58. The van der Waals surface area contributed by atoms with E-state index in [1.54, 1.807) is 0 Å². The normalized spacial score (nSPS) is 20.3. The van der Waals surface area contributed by atoms with E-state index in [1.807, 2.05) is 13.8 Å². The van der Waals surface area contributed by atoms with Gasteiger partial charge in [0.25, 0.3) is 0 Å². The topological polar surface area (TPSA) is 40.5 Å². The average Bonchev–Trinajstić information content (AvgIpc) is 2.07. The third kappa shape index (κ3) is 3.49. The monoisotopic (exact) mass is 213 g/mol. The average molecular weight is 213 g/mol. The van der Waals surface area contributed by atoms with Crippen molar-refractivity contribution in [1.29, 1.82) is 0 Å². The standard InChI is InChI=1S/C12H23NO2/c1-4-5-10-6-13(7-10)8-11(9(2)3)12(14)15/h9-11H,4-8H2,1-3H3,(H,14,15). The minimum atomic E-state index is -0.649. The molecule has 3 nitrogen and oxygen atoms in total. The van der Waals surface area contributed by atoms with Crippen LogP contribution in [0.25, 0.3) is 0 Å². The first-order valence-corrected chi connectivity index (χ1v) is 5.99. The number of likely N-dealkylation sites (tertiary alicyclic amines) is 1. The summed E-state index contributed by atoms with van der Waals surface area (Å²) in [5.74, 6) is 0.195. The first-order valence-electron chi connectivity index (χ1n) is 5.99. The fourth-order valence-corrected chi connectivity index (χ4v) is 2.27. The van der Waals surface area contributed by atoms with Gasteiger partial charge in [-0.2, -0.15) is 0 Å². The van der Waals surface area contributed by atoms with Crippen LogP contribution in [0.5, 0.6) is 0 Å². The largest absolute Gasteiger partial charge is 0.481 e. The molecular weight excluding hydrogens is 190 g/mol. The highest BCUT2D eigenvalue weighted by Gasteiger charge is 2.31. The van der Waals surface area contributed by atoms with E-state index in [-0.39, 0.29) is 11.8 Å². The molecule has 0 radical (unpaired) electrons. The van der Waals surface area contributed by atoms with E-state index in [1.165, 1.54) is 12.8 Å². The maximum Gasteiger partial charge on any atom is 0.308 e. The molecule has 0 aromatic rings. The van der Waals surface area contributed by atoms with Gasteiger partial charge >= 0.3 is 5.97 Å². The summed E-state index contributed by atoms with van der Waals surface area (Å²) in [6.45, 7) is 9.11. The molecule has 1 atom stereocenters. The van der Waals surface area contributed by atoms with Crippen molar-refractivity contribution in [3.05, 3.63) is 0 Å². The number of carboxylic acid groups (broad SMARTS) is 1. The second kappa shape index (κ2) is 5.50.